The average Bonchev–Trinajstić information content (AvgIpc) is 3.21. The quantitative estimate of drug-likeness (QED) is 0.782. The van der Waals surface area contributed by atoms with Crippen molar-refractivity contribution in [2.75, 3.05) is 19.7 Å². The number of carbonyl (C=O) groups is 1. The van der Waals surface area contributed by atoms with E-state index in [0.29, 0.717) is 13.1 Å². The number of hydrogen-bond donors (Lipinski definition) is 1. The zero-order valence-corrected chi connectivity index (χ0v) is 14.9. The van der Waals surface area contributed by atoms with Crippen LogP contribution in [0.2, 0.25) is 0 Å². The summed E-state index contributed by atoms with van der Waals surface area (Å²) >= 11 is 0. The summed E-state index contributed by atoms with van der Waals surface area (Å²) in [5.41, 5.74) is -2.72. The van der Waals surface area contributed by atoms with Gasteiger partial charge >= 0.3 is 12.3 Å². The number of benzene rings is 2. The first-order valence-corrected chi connectivity index (χ1v) is 8.79. The third kappa shape index (κ3) is 3.96. The summed E-state index contributed by atoms with van der Waals surface area (Å²) in [6, 6.07) is 8.98. The van der Waals surface area contributed by atoms with E-state index in [-0.39, 0.29) is 11.1 Å². The largest absolute Gasteiger partial charge is 0.430 e. The number of aliphatic hydroxyl groups excluding tert-OH is 1. The van der Waals surface area contributed by atoms with Crippen LogP contribution in [0.3, 0.4) is 0 Å². The van der Waals surface area contributed by atoms with E-state index >= 15 is 0 Å². The van der Waals surface area contributed by atoms with E-state index in [1.54, 1.807) is 0 Å². The first kappa shape index (κ1) is 20.1. The molecule has 150 valence electrons. The highest BCUT2D eigenvalue weighted by atomic mass is 19.4. The normalized spacial score (nSPS) is 16.7. The Morgan fingerprint density at radius 3 is 2.18 bits per heavy atom. The molecule has 1 atom stereocenters. The van der Waals surface area contributed by atoms with Gasteiger partial charge in [0, 0.05) is 24.2 Å². The molecule has 0 bridgehead atoms. The number of likely N-dealkylation sites (tertiary alicyclic amines) is 1. The van der Waals surface area contributed by atoms with Crippen molar-refractivity contribution in [2.45, 2.75) is 24.6 Å². The molecule has 0 spiro atoms. The molecule has 1 amide bonds. The highest BCUT2D eigenvalue weighted by Gasteiger charge is 2.41. The second kappa shape index (κ2) is 7.79. The molecule has 1 saturated heterocycles. The van der Waals surface area contributed by atoms with Gasteiger partial charge in [0.25, 0.3) is 0 Å². The fourth-order valence-electron chi connectivity index (χ4n) is 3.28. The Morgan fingerprint density at radius 1 is 1.00 bits per heavy atom. The van der Waals surface area contributed by atoms with E-state index in [2.05, 4.69) is 0 Å². The number of carbonyl (C=O) groups excluding carboxylic acids is 1. The molecule has 0 unspecified atom stereocenters. The second-order valence-electron chi connectivity index (χ2n) is 6.63. The Morgan fingerprint density at radius 2 is 1.61 bits per heavy atom. The minimum absolute atomic E-state index is 0.0519. The van der Waals surface area contributed by atoms with E-state index in [0.717, 1.165) is 37.1 Å². The van der Waals surface area contributed by atoms with E-state index in [1.165, 1.54) is 29.2 Å². The van der Waals surface area contributed by atoms with Crippen molar-refractivity contribution in [3.63, 3.8) is 0 Å². The maximum absolute atomic E-state index is 13.4. The van der Waals surface area contributed by atoms with Crippen LogP contribution in [-0.2, 0) is 16.5 Å². The lowest BCUT2D eigenvalue weighted by Gasteiger charge is -2.34. The van der Waals surface area contributed by atoms with Gasteiger partial charge in [-0.25, -0.2) is 9.18 Å². The zero-order chi connectivity index (χ0) is 20.4. The van der Waals surface area contributed by atoms with Gasteiger partial charge in [0.05, 0.1) is 12.2 Å². The Hall–Kier alpha value is -2.61. The molecule has 1 N–H and O–H groups in total. The lowest BCUT2D eigenvalue weighted by molar-refractivity contribution is -0.137. The Bertz CT molecular complexity index is 832. The van der Waals surface area contributed by atoms with E-state index in [9.17, 15) is 27.5 Å². The molecule has 0 aliphatic carbocycles. The first-order valence-electron chi connectivity index (χ1n) is 8.79. The van der Waals surface area contributed by atoms with Crippen LogP contribution < -0.4 is 0 Å². The van der Waals surface area contributed by atoms with Gasteiger partial charge < -0.3 is 14.7 Å². The second-order valence-corrected chi connectivity index (χ2v) is 6.63. The van der Waals surface area contributed by atoms with Crippen molar-refractivity contribution in [3.05, 3.63) is 71.0 Å². The molecule has 4 nitrogen and oxygen atoms in total. The summed E-state index contributed by atoms with van der Waals surface area (Å²) in [7, 11) is 0. The first-order chi connectivity index (χ1) is 13.3. The monoisotopic (exact) mass is 397 g/mol. The number of hydrogen-bond acceptors (Lipinski definition) is 3. The molecule has 2 aromatic rings. The van der Waals surface area contributed by atoms with Crippen LogP contribution in [-0.4, -0.2) is 35.8 Å². The van der Waals surface area contributed by atoms with Crippen LogP contribution in [0.4, 0.5) is 22.4 Å². The van der Waals surface area contributed by atoms with Gasteiger partial charge in [0.1, 0.15) is 5.82 Å². The minimum atomic E-state index is -4.61. The molecule has 1 aliphatic heterocycles. The summed E-state index contributed by atoms with van der Waals surface area (Å²) in [5, 5.41) is 10.2. The third-order valence-corrected chi connectivity index (χ3v) is 4.82. The van der Waals surface area contributed by atoms with Crippen molar-refractivity contribution < 1.29 is 32.2 Å². The topological polar surface area (TPSA) is 49.8 Å². The smallest absolute Gasteiger partial charge is 0.416 e. The standard InChI is InChI=1S/C20H19F4NO3/c21-17-8-6-14(7-9-17)19(13-26,28-18(27)25-10-1-2-11-25)15-4-3-5-16(12-15)20(22,23)24/h3-9,12,26H,1-2,10-11,13H2/t19-/m1/s1. The number of rotatable bonds is 4. The van der Waals surface area contributed by atoms with Gasteiger partial charge in [-0.05, 0) is 37.1 Å². The molecular formula is C20H19F4NO3. The number of alkyl halides is 3. The molecule has 0 radical (unpaired) electrons. The molecule has 2 aromatic carbocycles. The van der Waals surface area contributed by atoms with Gasteiger partial charge in [0.2, 0.25) is 0 Å². The van der Waals surface area contributed by atoms with Crippen molar-refractivity contribution in [1.82, 2.24) is 4.90 Å². The van der Waals surface area contributed by atoms with Crippen molar-refractivity contribution in [2.24, 2.45) is 0 Å². The average molecular weight is 397 g/mol. The van der Waals surface area contributed by atoms with Gasteiger partial charge in [-0.3, -0.25) is 0 Å². The van der Waals surface area contributed by atoms with Crippen LogP contribution in [0.1, 0.15) is 29.5 Å². The lowest BCUT2D eigenvalue weighted by Crippen LogP contribution is -2.42. The van der Waals surface area contributed by atoms with Gasteiger partial charge in [-0.1, -0.05) is 24.3 Å². The molecule has 8 heteroatoms. The molecular weight excluding hydrogens is 378 g/mol. The van der Waals surface area contributed by atoms with Crippen molar-refractivity contribution in [1.29, 1.82) is 0 Å². The predicted octanol–water partition coefficient (Wildman–Crippen LogP) is 4.31. The lowest BCUT2D eigenvalue weighted by atomic mass is 9.85. The molecule has 28 heavy (non-hydrogen) atoms. The highest BCUT2D eigenvalue weighted by Crippen LogP contribution is 2.38. The number of ether oxygens (including phenoxy) is 1. The van der Waals surface area contributed by atoms with Crippen LogP contribution >= 0.6 is 0 Å². The van der Waals surface area contributed by atoms with Crippen LogP contribution in [0.5, 0.6) is 0 Å². The fourth-order valence-corrected chi connectivity index (χ4v) is 3.28. The Balaban J connectivity index is 2.10. The van der Waals surface area contributed by atoms with Gasteiger partial charge in [0.15, 0.2) is 5.60 Å². The van der Waals surface area contributed by atoms with E-state index < -0.39 is 35.9 Å². The summed E-state index contributed by atoms with van der Waals surface area (Å²) in [5.74, 6) is -0.564. The van der Waals surface area contributed by atoms with Gasteiger partial charge in [-0.15, -0.1) is 0 Å². The van der Waals surface area contributed by atoms with E-state index in [4.69, 9.17) is 4.74 Å². The van der Waals surface area contributed by atoms with Crippen molar-refractivity contribution in [3.8, 4) is 0 Å². The Labute approximate surface area is 159 Å². The van der Waals surface area contributed by atoms with Crippen LogP contribution in [0.25, 0.3) is 0 Å². The van der Waals surface area contributed by atoms with Crippen LogP contribution in [0, 0.1) is 5.82 Å². The molecule has 1 heterocycles. The van der Waals surface area contributed by atoms with Gasteiger partial charge in [-0.2, -0.15) is 13.2 Å². The number of amides is 1. The molecule has 0 saturated carbocycles. The summed E-state index contributed by atoms with van der Waals surface area (Å²) in [6.07, 6.45) is -3.77. The Kier molecular flexibility index (Phi) is 5.60. The number of halogens is 4. The number of nitrogens with zero attached hydrogens (tertiary/aromatic N) is 1. The van der Waals surface area contributed by atoms with Crippen molar-refractivity contribution >= 4 is 6.09 Å². The molecule has 3 rings (SSSR count). The SMILES string of the molecule is O=C(O[C@](CO)(c1ccc(F)cc1)c1cccc(C(F)(F)F)c1)N1CCCC1. The highest BCUT2D eigenvalue weighted by molar-refractivity contribution is 5.69. The maximum atomic E-state index is 13.4. The molecule has 1 aliphatic rings. The fraction of sp³-hybridized carbons (Fsp3) is 0.350. The summed E-state index contributed by atoms with van der Waals surface area (Å²) in [4.78, 5) is 14.0. The maximum Gasteiger partial charge on any atom is 0.416 e. The number of aliphatic hydroxyl groups is 1. The summed E-state index contributed by atoms with van der Waals surface area (Å²) < 4.78 is 58.6. The minimum Gasteiger partial charge on any atom is -0.430 e. The zero-order valence-electron chi connectivity index (χ0n) is 14.9. The molecule has 0 aromatic heterocycles. The van der Waals surface area contributed by atoms with Crippen LogP contribution in [0.15, 0.2) is 48.5 Å². The molecule has 1 fully saturated rings. The third-order valence-electron chi connectivity index (χ3n) is 4.82. The summed E-state index contributed by atoms with van der Waals surface area (Å²) in [6.45, 7) is 0.123. The predicted molar refractivity (Wildman–Crippen MR) is 93.0 cm³/mol. The van der Waals surface area contributed by atoms with E-state index in [1.807, 2.05) is 0 Å².